The molecule has 2 heterocycles. The first kappa shape index (κ1) is 13.6. The molecule has 5 nitrogen and oxygen atoms in total. The van der Waals surface area contributed by atoms with Crippen molar-refractivity contribution >= 4 is 24.2 Å². The predicted octanol–water partition coefficient (Wildman–Crippen LogP) is -0.103. The average molecular weight is 274 g/mol. The molecule has 2 amide bonds. The van der Waals surface area contributed by atoms with E-state index in [1.807, 2.05) is 4.90 Å². The Morgan fingerprint density at radius 1 is 1.33 bits per heavy atom. The number of nitrogens with zero attached hydrogens (tertiary/aromatic N) is 1. The first-order chi connectivity index (χ1) is 8.24. The molecule has 18 heavy (non-hydrogen) atoms. The van der Waals surface area contributed by atoms with Crippen LogP contribution in [-0.4, -0.2) is 48.4 Å². The van der Waals surface area contributed by atoms with Crippen molar-refractivity contribution in [2.45, 2.75) is 37.8 Å². The SMILES string of the molecule is Cl.O=C(NC1CC(=O)N(C2CC2)C1)C1CCNC1. The second-order valence-corrected chi connectivity index (χ2v) is 5.38. The molecule has 2 N–H and O–H groups in total. The molecule has 6 heteroatoms. The lowest BCUT2D eigenvalue weighted by Crippen LogP contribution is -2.41. The van der Waals surface area contributed by atoms with Gasteiger partial charge in [-0.05, 0) is 25.8 Å². The van der Waals surface area contributed by atoms with Crippen LogP contribution in [0.25, 0.3) is 0 Å². The van der Waals surface area contributed by atoms with E-state index in [1.165, 1.54) is 0 Å². The van der Waals surface area contributed by atoms with Gasteiger partial charge in [-0.1, -0.05) is 0 Å². The molecule has 0 spiro atoms. The van der Waals surface area contributed by atoms with Gasteiger partial charge in [0, 0.05) is 25.6 Å². The smallest absolute Gasteiger partial charge is 0.225 e. The molecule has 3 aliphatic rings. The largest absolute Gasteiger partial charge is 0.351 e. The van der Waals surface area contributed by atoms with Gasteiger partial charge in [0.1, 0.15) is 0 Å². The Morgan fingerprint density at radius 3 is 2.72 bits per heavy atom. The van der Waals surface area contributed by atoms with Crippen LogP contribution in [0.3, 0.4) is 0 Å². The number of nitrogens with one attached hydrogen (secondary N) is 2. The Labute approximate surface area is 113 Å². The minimum atomic E-state index is 0. The fourth-order valence-corrected chi connectivity index (χ4v) is 2.76. The van der Waals surface area contributed by atoms with Gasteiger partial charge in [-0.3, -0.25) is 9.59 Å². The van der Waals surface area contributed by atoms with E-state index in [0.717, 1.165) is 38.9 Å². The van der Waals surface area contributed by atoms with Crippen molar-refractivity contribution in [3.8, 4) is 0 Å². The molecule has 3 fully saturated rings. The molecule has 0 aromatic carbocycles. The van der Waals surface area contributed by atoms with Crippen molar-refractivity contribution in [3.63, 3.8) is 0 Å². The minimum Gasteiger partial charge on any atom is -0.351 e. The summed E-state index contributed by atoms with van der Waals surface area (Å²) >= 11 is 0. The maximum atomic E-state index is 11.9. The number of carbonyl (C=O) groups is 2. The van der Waals surface area contributed by atoms with E-state index in [9.17, 15) is 9.59 Å². The van der Waals surface area contributed by atoms with Gasteiger partial charge >= 0.3 is 0 Å². The van der Waals surface area contributed by atoms with Crippen LogP contribution in [0.15, 0.2) is 0 Å². The van der Waals surface area contributed by atoms with Crippen LogP contribution < -0.4 is 10.6 Å². The van der Waals surface area contributed by atoms with Gasteiger partial charge in [0.15, 0.2) is 0 Å². The quantitative estimate of drug-likeness (QED) is 0.755. The van der Waals surface area contributed by atoms with Crippen LogP contribution in [0.4, 0.5) is 0 Å². The monoisotopic (exact) mass is 273 g/mol. The predicted molar refractivity (Wildman–Crippen MR) is 69.5 cm³/mol. The maximum absolute atomic E-state index is 11.9. The average Bonchev–Trinajstić information content (AvgIpc) is 2.86. The van der Waals surface area contributed by atoms with Gasteiger partial charge in [0.2, 0.25) is 11.8 Å². The molecule has 102 valence electrons. The third-order valence-electron chi connectivity index (χ3n) is 3.92. The topological polar surface area (TPSA) is 61.4 Å². The van der Waals surface area contributed by atoms with E-state index in [0.29, 0.717) is 12.5 Å². The van der Waals surface area contributed by atoms with Crippen LogP contribution in [0.2, 0.25) is 0 Å². The molecule has 1 saturated carbocycles. The highest BCUT2D eigenvalue weighted by Crippen LogP contribution is 2.30. The second-order valence-electron chi connectivity index (χ2n) is 5.38. The standard InChI is InChI=1S/C12H19N3O2.ClH/c16-11-5-9(7-15(11)10-1-2-10)14-12(17)8-3-4-13-6-8;/h8-10,13H,1-7H2,(H,14,17);1H. The fraction of sp³-hybridized carbons (Fsp3) is 0.833. The first-order valence-electron chi connectivity index (χ1n) is 6.54. The molecule has 0 aromatic rings. The molecule has 2 aliphatic heterocycles. The summed E-state index contributed by atoms with van der Waals surface area (Å²) < 4.78 is 0. The van der Waals surface area contributed by atoms with Gasteiger partial charge in [-0.25, -0.2) is 0 Å². The summed E-state index contributed by atoms with van der Waals surface area (Å²) in [5.74, 6) is 0.424. The van der Waals surface area contributed by atoms with Gasteiger partial charge < -0.3 is 15.5 Å². The van der Waals surface area contributed by atoms with E-state index >= 15 is 0 Å². The normalized spacial score (nSPS) is 31.3. The molecule has 2 atom stereocenters. The van der Waals surface area contributed by atoms with Crippen molar-refractivity contribution in [3.05, 3.63) is 0 Å². The number of hydrogen-bond acceptors (Lipinski definition) is 3. The van der Waals surface area contributed by atoms with Crippen LogP contribution in [0, 0.1) is 5.92 Å². The molecule has 3 rings (SSSR count). The maximum Gasteiger partial charge on any atom is 0.225 e. The first-order valence-corrected chi connectivity index (χ1v) is 6.54. The third-order valence-corrected chi connectivity index (χ3v) is 3.92. The lowest BCUT2D eigenvalue weighted by molar-refractivity contribution is -0.128. The Hall–Kier alpha value is -0.810. The number of halogens is 1. The van der Waals surface area contributed by atoms with Gasteiger partial charge in [-0.15, -0.1) is 12.4 Å². The Kier molecular flexibility index (Phi) is 4.12. The zero-order valence-electron chi connectivity index (χ0n) is 10.4. The molecular formula is C12H20ClN3O2. The molecular weight excluding hydrogens is 254 g/mol. The Morgan fingerprint density at radius 2 is 2.11 bits per heavy atom. The number of hydrogen-bond donors (Lipinski definition) is 2. The third kappa shape index (κ3) is 2.78. The van der Waals surface area contributed by atoms with E-state index in [4.69, 9.17) is 0 Å². The van der Waals surface area contributed by atoms with Crippen LogP contribution in [0.5, 0.6) is 0 Å². The van der Waals surface area contributed by atoms with Crippen molar-refractivity contribution in [1.82, 2.24) is 15.5 Å². The molecule has 1 aliphatic carbocycles. The van der Waals surface area contributed by atoms with Crippen molar-refractivity contribution in [1.29, 1.82) is 0 Å². The Balaban J connectivity index is 0.00000120. The van der Waals surface area contributed by atoms with Gasteiger partial charge in [0.25, 0.3) is 0 Å². The number of carbonyl (C=O) groups excluding carboxylic acids is 2. The van der Waals surface area contributed by atoms with Crippen LogP contribution in [0.1, 0.15) is 25.7 Å². The number of likely N-dealkylation sites (tertiary alicyclic amines) is 1. The van der Waals surface area contributed by atoms with Gasteiger partial charge in [0.05, 0.1) is 12.0 Å². The molecule has 0 aromatic heterocycles. The molecule has 0 radical (unpaired) electrons. The minimum absolute atomic E-state index is 0. The molecule has 2 saturated heterocycles. The lowest BCUT2D eigenvalue weighted by atomic mass is 10.1. The highest BCUT2D eigenvalue weighted by Gasteiger charge is 2.40. The number of rotatable bonds is 3. The van der Waals surface area contributed by atoms with Crippen LogP contribution in [-0.2, 0) is 9.59 Å². The number of amides is 2. The zero-order valence-corrected chi connectivity index (χ0v) is 11.2. The zero-order chi connectivity index (χ0) is 11.8. The van der Waals surface area contributed by atoms with E-state index in [1.54, 1.807) is 0 Å². The van der Waals surface area contributed by atoms with E-state index < -0.39 is 0 Å². The van der Waals surface area contributed by atoms with Crippen molar-refractivity contribution < 1.29 is 9.59 Å². The highest BCUT2D eigenvalue weighted by atomic mass is 35.5. The second kappa shape index (κ2) is 5.45. The van der Waals surface area contributed by atoms with Crippen LogP contribution >= 0.6 is 12.4 Å². The summed E-state index contributed by atoms with van der Waals surface area (Å²) in [5, 5.41) is 6.21. The fourth-order valence-electron chi connectivity index (χ4n) is 2.76. The lowest BCUT2D eigenvalue weighted by Gasteiger charge is -2.17. The Bertz CT molecular complexity index is 340. The highest BCUT2D eigenvalue weighted by molar-refractivity contribution is 5.85. The summed E-state index contributed by atoms with van der Waals surface area (Å²) in [4.78, 5) is 25.6. The molecule has 0 bridgehead atoms. The van der Waals surface area contributed by atoms with Gasteiger partial charge in [-0.2, -0.15) is 0 Å². The summed E-state index contributed by atoms with van der Waals surface area (Å²) in [6.45, 7) is 2.42. The summed E-state index contributed by atoms with van der Waals surface area (Å²) in [7, 11) is 0. The van der Waals surface area contributed by atoms with E-state index in [-0.39, 0.29) is 36.2 Å². The van der Waals surface area contributed by atoms with Crippen molar-refractivity contribution in [2.24, 2.45) is 5.92 Å². The molecule has 2 unspecified atom stereocenters. The van der Waals surface area contributed by atoms with Crippen molar-refractivity contribution in [2.75, 3.05) is 19.6 Å². The summed E-state index contributed by atoms with van der Waals surface area (Å²) in [5.41, 5.74) is 0. The summed E-state index contributed by atoms with van der Waals surface area (Å²) in [6.07, 6.45) is 3.68. The van der Waals surface area contributed by atoms with E-state index in [2.05, 4.69) is 10.6 Å². The summed E-state index contributed by atoms with van der Waals surface area (Å²) in [6, 6.07) is 0.508.